The molecular formula is C28H35NO8Si. The largest absolute Gasteiger partial charge is 0.453 e. The number of aliphatic hydroxyl groups is 1. The average molecular weight is 542 g/mol. The number of aliphatic hydroxyl groups excluding tert-OH is 1. The molecule has 0 bridgehead atoms. The van der Waals surface area contributed by atoms with Crippen LogP contribution >= 0.6 is 0 Å². The van der Waals surface area contributed by atoms with Crippen LogP contribution in [0.4, 0.5) is 0 Å². The number of benzene rings is 2. The number of amides is 2. The second-order valence-electron chi connectivity index (χ2n) is 11.1. The fraction of sp³-hybridized carbons (Fsp3) is 0.464. The van der Waals surface area contributed by atoms with E-state index in [9.17, 15) is 19.5 Å². The predicted molar refractivity (Wildman–Crippen MR) is 141 cm³/mol. The molecule has 2 aliphatic heterocycles. The number of carbonyl (C=O) groups is 3. The molecule has 0 spiro atoms. The second kappa shape index (κ2) is 10.7. The monoisotopic (exact) mass is 541 g/mol. The molecule has 2 heterocycles. The van der Waals surface area contributed by atoms with Crippen molar-refractivity contribution in [2.45, 2.75) is 69.5 Å². The summed E-state index contributed by atoms with van der Waals surface area (Å²) in [4.78, 5) is 41.4. The van der Waals surface area contributed by atoms with E-state index in [2.05, 4.69) is 20.8 Å². The van der Waals surface area contributed by atoms with Crippen molar-refractivity contribution in [3.63, 3.8) is 0 Å². The van der Waals surface area contributed by atoms with Crippen molar-refractivity contribution >= 4 is 26.1 Å². The Morgan fingerprint density at radius 1 is 0.974 bits per heavy atom. The molecule has 0 unspecified atom stereocenters. The highest BCUT2D eigenvalue weighted by atomic mass is 28.4. The van der Waals surface area contributed by atoms with E-state index in [1.807, 2.05) is 13.1 Å². The average Bonchev–Trinajstić information content (AvgIpc) is 3.14. The number of methoxy groups -OCH3 is 1. The lowest BCUT2D eigenvalue weighted by Crippen LogP contribution is -2.69. The fourth-order valence-electron chi connectivity index (χ4n) is 4.54. The zero-order chi connectivity index (χ0) is 27.8. The molecule has 2 aromatic carbocycles. The lowest BCUT2D eigenvalue weighted by atomic mass is 9.95. The van der Waals surface area contributed by atoms with Crippen LogP contribution in [0.25, 0.3) is 0 Å². The fourth-order valence-corrected chi connectivity index (χ4v) is 5.85. The Morgan fingerprint density at radius 2 is 1.53 bits per heavy atom. The number of ether oxygens (including phenoxy) is 3. The van der Waals surface area contributed by atoms with E-state index in [0.29, 0.717) is 5.56 Å². The van der Waals surface area contributed by atoms with E-state index in [0.717, 1.165) is 4.90 Å². The summed E-state index contributed by atoms with van der Waals surface area (Å²) in [5.74, 6) is -1.67. The molecule has 0 saturated carbocycles. The van der Waals surface area contributed by atoms with E-state index in [1.165, 1.54) is 7.11 Å². The van der Waals surface area contributed by atoms with Crippen molar-refractivity contribution in [3.05, 3.63) is 71.3 Å². The first kappa shape index (κ1) is 28.1. The van der Waals surface area contributed by atoms with Gasteiger partial charge in [0, 0.05) is 7.11 Å². The normalized spacial score (nSPS) is 25.9. The highest BCUT2D eigenvalue weighted by molar-refractivity contribution is 6.74. The van der Waals surface area contributed by atoms with Gasteiger partial charge in [-0.1, -0.05) is 51.1 Å². The molecule has 9 nitrogen and oxygen atoms in total. The first-order valence-electron chi connectivity index (χ1n) is 12.6. The highest BCUT2D eigenvalue weighted by Crippen LogP contribution is 2.42. The highest BCUT2D eigenvalue weighted by Gasteiger charge is 2.57. The maximum Gasteiger partial charge on any atom is 0.338 e. The van der Waals surface area contributed by atoms with Gasteiger partial charge in [-0.3, -0.25) is 14.5 Å². The third-order valence-electron chi connectivity index (χ3n) is 7.64. The summed E-state index contributed by atoms with van der Waals surface area (Å²) in [5, 5.41) is 10.0. The van der Waals surface area contributed by atoms with Crippen molar-refractivity contribution in [1.29, 1.82) is 0 Å². The Balaban J connectivity index is 1.81. The Kier molecular flexibility index (Phi) is 7.92. The summed E-state index contributed by atoms with van der Waals surface area (Å²) in [7, 11) is -1.21. The first-order chi connectivity index (χ1) is 17.9. The van der Waals surface area contributed by atoms with Crippen molar-refractivity contribution in [3.8, 4) is 0 Å². The van der Waals surface area contributed by atoms with Gasteiger partial charge in [0.25, 0.3) is 11.8 Å². The van der Waals surface area contributed by atoms with Gasteiger partial charge < -0.3 is 23.7 Å². The quantitative estimate of drug-likeness (QED) is 0.321. The van der Waals surface area contributed by atoms with Crippen LogP contribution < -0.4 is 0 Å². The van der Waals surface area contributed by atoms with E-state index in [4.69, 9.17) is 18.6 Å². The summed E-state index contributed by atoms with van der Waals surface area (Å²) >= 11 is 0. The number of carbonyl (C=O) groups excluding carboxylic acids is 3. The van der Waals surface area contributed by atoms with Crippen LogP contribution in [0.3, 0.4) is 0 Å². The van der Waals surface area contributed by atoms with Gasteiger partial charge in [0.2, 0.25) is 0 Å². The van der Waals surface area contributed by atoms with Gasteiger partial charge in [-0.25, -0.2) is 4.79 Å². The minimum Gasteiger partial charge on any atom is -0.453 e. The molecule has 2 aromatic rings. The molecule has 10 heteroatoms. The van der Waals surface area contributed by atoms with Gasteiger partial charge in [-0.05, 0) is 42.4 Å². The number of fused-ring (bicyclic) bond motifs is 1. The van der Waals surface area contributed by atoms with Crippen molar-refractivity contribution in [2.75, 3.05) is 13.7 Å². The third-order valence-corrected chi connectivity index (χ3v) is 12.1. The van der Waals surface area contributed by atoms with Crippen LogP contribution in [0.15, 0.2) is 54.6 Å². The molecule has 38 heavy (non-hydrogen) atoms. The summed E-state index contributed by atoms with van der Waals surface area (Å²) in [6, 6.07) is 13.9. The van der Waals surface area contributed by atoms with E-state index >= 15 is 0 Å². The van der Waals surface area contributed by atoms with Crippen molar-refractivity contribution < 1.29 is 38.1 Å². The summed E-state index contributed by atoms with van der Waals surface area (Å²) in [6.07, 6.45) is -4.31. The smallest absolute Gasteiger partial charge is 0.338 e. The lowest BCUT2D eigenvalue weighted by Gasteiger charge is -2.51. The number of hydrogen-bond acceptors (Lipinski definition) is 8. The van der Waals surface area contributed by atoms with Crippen LogP contribution in [0, 0.1) is 0 Å². The summed E-state index contributed by atoms with van der Waals surface area (Å²) < 4.78 is 24.4. The molecule has 0 aromatic heterocycles. The minimum atomic E-state index is -2.60. The standard InChI is InChI=1S/C28H35NO8Si/c1-28(2,3)38(5,6)37-23-21(29-24(31)18-14-10-11-15-19(18)25(29)32)27(34-4)35-20(16-30)22(23)36-26(33)17-12-8-7-9-13-17/h7-15,20-23,27,30H,16H2,1-6H3/t20-,21-,22-,23-,27-/m1/s1. The summed E-state index contributed by atoms with van der Waals surface area (Å²) in [6.45, 7) is 9.70. The maximum absolute atomic E-state index is 13.6. The molecule has 1 N–H and O–H groups in total. The Bertz CT molecular complexity index is 1160. The van der Waals surface area contributed by atoms with Gasteiger partial charge in [0.1, 0.15) is 18.2 Å². The molecule has 2 amide bonds. The molecule has 2 aliphatic rings. The molecular weight excluding hydrogens is 506 g/mol. The number of rotatable bonds is 7. The zero-order valence-electron chi connectivity index (χ0n) is 22.5. The molecule has 204 valence electrons. The number of imide groups is 1. The number of hydrogen-bond donors (Lipinski definition) is 1. The third kappa shape index (κ3) is 5.06. The van der Waals surface area contributed by atoms with Crippen molar-refractivity contribution in [2.24, 2.45) is 0 Å². The molecule has 4 rings (SSSR count). The molecule has 0 aliphatic carbocycles. The number of nitrogens with zero attached hydrogens (tertiary/aromatic N) is 1. The Morgan fingerprint density at radius 3 is 2.03 bits per heavy atom. The van der Waals surface area contributed by atoms with Crippen LogP contribution in [0.2, 0.25) is 18.1 Å². The Hall–Kier alpha value is -2.89. The SMILES string of the molecule is CO[C@@H]1O[C@H](CO)[C@@H](OC(=O)c2ccccc2)[C@H](O[Si](C)(C)C(C)(C)C)[C@H]1N1C(=O)c2ccccc2C1=O. The van der Waals surface area contributed by atoms with E-state index in [-0.39, 0.29) is 16.2 Å². The van der Waals surface area contributed by atoms with Crippen molar-refractivity contribution in [1.82, 2.24) is 4.90 Å². The topological polar surface area (TPSA) is 112 Å². The van der Waals surface area contributed by atoms with E-state index < -0.39 is 63.4 Å². The molecule has 1 saturated heterocycles. The number of esters is 1. The minimum absolute atomic E-state index is 0.261. The van der Waals surface area contributed by atoms with Gasteiger partial charge in [0.05, 0.1) is 23.3 Å². The lowest BCUT2D eigenvalue weighted by molar-refractivity contribution is -0.268. The van der Waals surface area contributed by atoms with Crippen LogP contribution in [0.1, 0.15) is 51.8 Å². The van der Waals surface area contributed by atoms with Crippen LogP contribution in [-0.2, 0) is 18.6 Å². The predicted octanol–water partition coefficient (Wildman–Crippen LogP) is 3.63. The zero-order valence-corrected chi connectivity index (χ0v) is 23.5. The van der Waals surface area contributed by atoms with Gasteiger partial charge >= 0.3 is 5.97 Å². The van der Waals surface area contributed by atoms with Gasteiger partial charge in [-0.15, -0.1) is 0 Å². The molecule has 5 atom stereocenters. The first-order valence-corrected chi connectivity index (χ1v) is 15.5. The maximum atomic E-state index is 13.6. The molecule has 0 radical (unpaired) electrons. The van der Waals surface area contributed by atoms with E-state index in [1.54, 1.807) is 54.6 Å². The van der Waals surface area contributed by atoms with Crippen LogP contribution in [-0.4, -0.2) is 80.5 Å². The van der Waals surface area contributed by atoms with Gasteiger partial charge in [-0.2, -0.15) is 0 Å². The second-order valence-corrected chi connectivity index (χ2v) is 15.8. The summed E-state index contributed by atoms with van der Waals surface area (Å²) in [5.41, 5.74) is 0.836. The molecule has 1 fully saturated rings. The van der Waals surface area contributed by atoms with Crippen LogP contribution in [0.5, 0.6) is 0 Å². The Labute approximate surface area is 223 Å². The van der Waals surface area contributed by atoms with Gasteiger partial charge in [0.15, 0.2) is 20.7 Å².